The normalized spacial score (nSPS) is 10.6. The predicted octanol–water partition coefficient (Wildman–Crippen LogP) is 1.22. The standard InChI is InChI=1S/C7H3BrFN3O/c8-3-1-4-5(12-6(3)9)7(13)11-2-10-4/h1-2H,(H,10,11,13). The van der Waals surface area contributed by atoms with E-state index in [4.69, 9.17) is 0 Å². The molecule has 0 amide bonds. The molecule has 0 saturated heterocycles. The van der Waals surface area contributed by atoms with Crippen LogP contribution in [0.1, 0.15) is 0 Å². The fraction of sp³-hybridized carbons (Fsp3) is 0. The van der Waals surface area contributed by atoms with Crippen molar-refractivity contribution in [2.24, 2.45) is 0 Å². The van der Waals surface area contributed by atoms with Gasteiger partial charge in [0.2, 0.25) is 5.95 Å². The lowest BCUT2D eigenvalue weighted by molar-refractivity contribution is 0.581. The molecule has 4 nitrogen and oxygen atoms in total. The molecule has 0 aromatic carbocycles. The van der Waals surface area contributed by atoms with Crippen LogP contribution in [-0.2, 0) is 0 Å². The number of rotatable bonds is 0. The molecule has 2 rings (SSSR count). The van der Waals surface area contributed by atoms with Crippen molar-refractivity contribution in [3.8, 4) is 0 Å². The smallest absolute Gasteiger partial charge is 0.277 e. The summed E-state index contributed by atoms with van der Waals surface area (Å²) in [6.45, 7) is 0. The van der Waals surface area contributed by atoms with Crippen molar-refractivity contribution in [1.82, 2.24) is 15.0 Å². The van der Waals surface area contributed by atoms with Crippen molar-refractivity contribution in [2.75, 3.05) is 0 Å². The van der Waals surface area contributed by atoms with Crippen LogP contribution in [0.2, 0.25) is 0 Å². The lowest BCUT2D eigenvalue weighted by atomic mass is 10.4. The molecule has 2 aromatic heterocycles. The minimum Gasteiger partial charge on any atom is -0.311 e. The minimum atomic E-state index is -0.717. The Labute approximate surface area is 80.0 Å². The van der Waals surface area contributed by atoms with Crippen molar-refractivity contribution in [3.63, 3.8) is 0 Å². The number of aromatic nitrogens is 3. The SMILES string of the molecule is O=c1[nH]cnc2cc(Br)c(F)nc12. The maximum Gasteiger partial charge on any atom is 0.277 e. The maximum atomic E-state index is 12.9. The van der Waals surface area contributed by atoms with E-state index >= 15 is 0 Å². The Kier molecular flexibility index (Phi) is 1.84. The Morgan fingerprint density at radius 2 is 2.31 bits per heavy atom. The summed E-state index contributed by atoms with van der Waals surface area (Å²) < 4.78 is 13.1. The van der Waals surface area contributed by atoms with Crippen LogP contribution in [0.15, 0.2) is 21.7 Å². The third-order valence-electron chi connectivity index (χ3n) is 1.53. The van der Waals surface area contributed by atoms with Gasteiger partial charge in [0, 0.05) is 0 Å². The summed E-state index contributed by atoms with van der Waals surface area (Å²) >= 11 is 2.95. The zero-order valence-corrected chi connectivity index (χ0v) is 7.80. The third kappa shape index (κ3) is 1.33. The molecule has 0 aliphatic heterocycles. The van der Waals surface area contributed by atoms with Crippen LogP contribution in [-0.4, -0.2) is 15.0 Å². The van der Waals surface area contributed by atoms with Crippen LogP contribution in [0.25, 0.3) is 11.0 Å². The van der Waals surface area contributed by atoms with Gasteiger partial charge in [-0.05, 0) is 22.0 Å². The van der Waals surface area contributed by atoms with Gasteiger partial charge in [-0.15, -0.1) is 0 Å². The Morgan fingerprint density at radius 1 is 1.54 bits per heavy atom. The fourth-order valence-electron chi connectivity index (χ4n) is 0.951. The first kappa shape index (κ1) is 8.31. The summed E-state index contributed by atoms with van der Waals surface area (Å²) in [5.74, 6) is -0.717. The zero-order chi connectivity index (χ0) is 9.42. The number of fused-ring (bicyclic) bond motifs is 1. The van der Waals surface area contributed by atoms with Crippen LogP contribution in [0.3, 0.4) is 0 Å². The van der Waals surface area contributed by atoms with Gasteiger partial charge in [0.05, 0.1) is 16.3 Å². The molecule has 2 heterocycles. The molecule has 0 aliphatic carbocycles. The molecule has 0 atom stereocenters. The topological polar surface area (TPSA) is 58.6 Å². The Hall–Kier alpha value is -1.30. The molecule has 66 valence electrons. The molecule has 2 aromatic rings. The molecular formula is C7H3BrFN3O. The number of nitrogens with zero attached hydrogens (tertiary/aromatic N) is 2. The number of nitrogens with one attached hydrogen (secondary N) is 1. The first-order valence-electron chi connectivity index (χ1n) is 3.38. The van der Waals surface area contributed by atoms with Crippen LogP contribution in [0.4, 0.5) is 4.39 Å². The van der Waals surface area contributed by atoms with Gasteiger partial charge in [-0.2, -0.15) is 4.39 Å². The number of hydrogen-bond acceptors (Lipinski definition) is 3. The van der Waals surface area contributed by atoms with E-state index < -0.39 is 11.5 Å². The van der Waals surface area contributed by atoms with Crippen molar-refractivity contribution in [2.45, 2.75) is 0 Å². The average Bonchev–Trinajstić information content (AvgIpc) is 2.09. The second kappa shape index (κ2) is 2.88. The van der Waals surface area contributed by atoms with Gasteiger partial charge >= 0.3 is 0 Å². The molecule has 0 fully saturated rings. The van der Waals surface area contributed by atoms with Gasteiger partial charge in [0.1, 0.15) is 0 Å². The van der Waals surface area contributed by atoms with E-state index in [1.807, 2.05) is 0 Å². The summed E-state index contributed by atoms with van der Waals surface area (Å²) in [7, 11) is 0. The summed E-state index contributed by atoms with van der Waals surface area (Å²) in [5, 5.41) is 0. The van der Waals surface area contributed by atoms with Crippen molar-refractivity contribution >= 4 is 27.0 Å². The maximum absolute atomic E-state index is 12.9. The zero-order valence-electron chi connectivity index (χ0n) is 6.21. The lowest BCUT2D eigenvalue weighted by Gasteiger charge is -1.96. The Balaban J connectivity index is 2.97. The van der Waals surface area contributed by atoms with Gasteiger partial charge in [0.25, 0.3) is 5.56 Å². The highest BCUT2D eigenvalue weighted by Gasteiger charge is 2.06. The van der Waals surface area contributed by atoms with Crippen LogP contribution >= 0.6 is 15.9 Å². The van der Waals surface area contributed by atoms with E-state index in [1.54, 1.807) is 0 Å². The van der Waals surface area contributed by atoms with E-state index in [1.165, 1.54) is 12.4 Å². The van der Waals surface area contributed by atoms with Crippen molar-refractivity contribution < 1.29 is 4.39 Å². The van der Waals surface area contributed by atoms with Crippen molar-refractivity contribution in [1.29, 1.82) is 0 Å². The molecule has 13 heavy (non-hydrogen) atoms. The van der Waals surface area contributed by atoms with Gasteiger partial charge in [0.15, 0.2) is 5.52 Å². The van der Waals surface area contributed by atoms with Gasteiger partial charge in [-0.3, -0.25) is 4.79 Å². The number of halogens is 2. The lowest BCUT2D eigenvalue weighted by Crippen LogP contribution is -2.08. The number of hydrogen-bond donors (Lipinski definition) is 1. The molecular weight excluding hydrogens is 241 g/mol. The molecule has 0 aliphatic rings. The molecule has 0 saturated carbocycles. The molecule has 1 N–H and O–H groups in total. The Morgan fingerprint density at radius 3 is 3.08 bits per heavy atom. The highest BCUT2D eigenvalue weighted by Crippen LogP contribution is 2.16. The van der Waals surface area contributed by atoms with E-state index in [0.717, 1.165) is 0 Å². The van der Waals surface area contributed by atoms with E-state index in [-0.39, 0.29) is 9.99 Å². The summed E-state index contributed by atoms with van der Waals surface area (Å²) in [5.41, 5.74) is -0.0865. The number of aromatic amines is 1. The fourth-order valence-corrected chi connectivity index (χ4v) is 1.26. The second-order valence-corrected chi connectivity index (χ2v) is 3.21. The predicted molar refractivity (Wildman–Crippen MR) is 47.8 cm³/mol. The quantitative estimate of drug-likeness (QED) is 0.709. The van der Waals surface area contributed by atoms with E-state index in [9.17, 15) is 9.18 Å². The number of H-pyrrole nitrogens is 1. The third-order valence-corrected chi connectivity index (χ3v) is 2.08. The molecule has 0 radical (unpaired) electrons. The second-order valence-electron chi connectivity index (χ2n) is 2.36. The first-order chi connectivity index (χ1) is 6.18. The van der Waals surface area contributed by atoms with Crippen LogP contribution in [0, 0.1) is 5.95 Å². The largest absolute Gasteiger partial charge is 0.311 e. The molecule has 0 unspecified atom stereocenters. The summed E-state index contributed by atoms with van der Waals surface area (Å²) in [6, 6.07) is 1.41. The first-order valence-corrected chi connectivity index (χ1v) is 4.17. The van der Waals surface area contributed by atoms with Gasteiger partial charge in [-0.25, -0.2) is 9.97 Å². The number of pyridine rings is 1. The monoisotopic (exact) mass is 243 g/mol. The van der Waals surface area contributed by atoms with Crippen LogP contribution < -0.4 is 5.56 Å². The van der Waals surface area contributed by atoms with Gasteiger partial charge in [-0.1, -0.05) is 0 Å². The van der Waals surface area contributed by atoms with E-state index in [2.05, 4.69) is 30.9 Å². The molecule has 0 spiro atoms. The Bertz CT molecular complexity index is 525. The summed E-state index contributed by atoms with van der Waals surface area (Å²) in [6.07, 6.45) is 1.25. The van der Waals surface area contributed by atoms with Crippen molar-refractivity contribution in [3.05, 3.63) is 33.2 Å². The highest BCUT2D eigenvalue weighted by atomic mass is 79.9. The molecule has 0 bridgehead atoms. The average molecular weight is 244 g/mol. The van der Waals surface area contributed by atoms with E-state index in [0.29, 0.717) is 5.52 Å². The summed E-state index contributed by atoms with van der Waals surface area (Å²) in [4.78, 5) is 20.7. The molecule has 6 heteroatoms. The van der Waals surface area contributed by atoms with Crippen LogP contribution in [0.5, 0.6) is 0 Å². The highest BCUT2D eigenvalue weighted by molar-refractivity contribution is 9.10. The minimum absolute atomic E-state index is 0.00296. The van der Waals surface area contributed by atoms with Gasteiger partial charge < -0.3 is 4.98 Å².